The van der Waals surface area contributed by atoms with E-state index in [1.165, 1.54) is 84.5 Å². The Labute approximate surface area is 337 Å². The van der Waals surface area contributed by atoms with Gasteiger partial charge in [-0.1, -0.05) is 140 Å². The molecule has 2 unspecified atom stereocenters. The van der Waals surface area contributed by atoms with E-state index in [4.69, 9.17) is 4.99 Å². The van der Waals surface area contributed by atoms with Gasteiger partial charge in [-0.05, 0) is 64.7 Å². The number of hydrogen-bond donors (Lipinski definition) is 2. The lowest BCUT2D eigenvalue weighted by molar-refractivity contribution is 0.411. The Morgan fingerprint density at radius 1 is 0.491 bits per heavy atom. The van der Waals surface area contributed by atoms with Gasteiger partial charge in [0.2, 0.25) is 0 Å². The van der Waals surface area contributed by atoms with Crippen LogP contribution in [0.15, 0.2) is 187 Å². The van der Waals surface area contributed by atoms with E-state index in [9.17, 15) is 0 Å². The maximum atomic E-state index is 5.18. The number of nitrogens with one attached hydrogen (secondary N) is 2. The quantitative estimate of drug-likeness (QED) is 0.183. The molecule has 8 aromatic carbocycles. The number of fused-ring (bicyclic) bond motifs is 9. The highest BCUT2D eigenvalue weighted by molar-refractivity contribution is 7.26. The molecule has 270 valence electrons. The Morgan fingerprint density at radius 2 is 1.16 bits per heavy atom. The highest BCUT2D eigenvalue weighted by Gasteiger charge is 2.28. The molecule has 0 amide bonds. The van der Waals surface area contributed by atoms with Crippen molar-refractivity contribution < 1.29 is 0 Å². The van der Waals surface area contributed by atoms with Crippen LogP contribution in [0.2, 0.25) is 0 Å². The zero-order chi connectivity index (χ0) is 37.5. The Bertz CT molecular complexity index is 3320. The van der Waals surface area contributed by atoms with Gasteiger partial charge in [0.15, 0.2) is 0 Å². The summed E-state index contributed by atoms with van der Waals surface area (Å²) >= 11 is 3.76. The zero-order valence-corrected chi connectivity index (χ0v) is 32.3. The molecule has 1 aliphatic rings. The molecule has 4 heterocycles. The number of hydrogen-bond acceptors (Lipinski definition) is 5. The van der Waals surface area contributed by atoms with Crippen molar-refractivity contribution in [2.24, 2.45) is 4.99 Å². The van der Waals surface area contributed by atoms with Gasteiger partial charge in [0.1, 0.15) is 18.2 Å². The number of amidine groups is 1. The number of rotatable bonds is 5. The van der Waals surface area contributed by atoms with Crippen LogP contribution >= 0.6 is 22.7 Å². The summed E-state index contributed by atoms with van der Waals surface area (Å²) in [5.74, 6) is 0.891. The minimum absolute atomic E-state index is 0.154. The maximum absolute atomic E-state index is 5.18. The zero-order valence-electron chi connectivity index (χ0n) is 30.7. The first kappa shape index (κ1) is 32.7. The van der Waals surface area contributed by atoms with Crippen molar-refractivity contribution in [1.82, 2.24) is 15.2 Å². The smallest absolute Gasteiger partial charge is 0.131 e. The second-order valence-corrected chi connectivity index (χ2v) is 16.9. The molecule has 0 spiro atoms. The van der Waals surface area contributed by atoms with Crippen molar-refractivity contribution in [3.8, 4) is 16.8 Å². The van der Waals surface area contributed by atoms with Crippen LogP contribution in [0, 0.1) is 0 Å². The van der Waals surface area contributed by atoms with Crippen LogP contribution in [0.5, 0.6) is 0 Å². The van der Waals surface area contributed by atoms with Gasteiger partial charge in [-0.15, -0.1) is 22.7 Å². The van der Waals surface area contributed by atoms with Gasteiger partial charge in [-0.2, -0.15) is 0 Å². The van der Waals surface area contributed by atoms with Crippen LogP contribution in [0.25, 0.3) is 79.0 Å². The molecule has 12 rings (SSSR count). The van der Waals surface area contributed by atoms with Crippen LogP contribution in [-0.4, -0.2) is 10.4 Å². The molecule has 3 aromatic heterocycles. The molecular formula is C51H34N4S2. The third-order valence-corrected chi connectivity index (χ3v) is 13.8. The Balaban J connectivity index is 1.02. The number of aliphatic imine (C=N–C) groups is 1. The van der Waals surface area contributed by atoms with E-state index in [2.05, 4.69) is 197 Å². The molecule has 2 N–H and O–H groups in total. The lowest BCUT2D eigenvalue weighted by atomic mass is 9.98. The molecule has 0 radical (unpaired) electrons. The number of para-hydroxylation sites is 2. The van der Waals surface area contributed by atoms with Crippen molar-refractivity contribution in [2.75, 3.05) is 0 Å². The van der Waals surface area contributed by atoms with Gasteiger partial charge < -0.3 is 9.88 Å². The van der Waals surface area contributed by atoms with Crippen LogP contribution in [0.3, 0.4) is 0 Å². The normalized spacial score (nSPS) is 15.9. The summed E-state index contributed by atoms with van der Waals surface area (Å²) in [6.45, 7) is 0. The first-order chi connectivity index (χ1) is 28.3. The molecule has 6 heteroatoms. The summed E-state index contributed by atoms with van der Waals surface area (Å²) in [6, 6.07) is 65.9. The van der Waals surface area contributed by atoms with E-state index in [0.29, 0.717) is 0 Å². The number of nitrogens with zero attached hydrogens (tertiary/aromatic N) is 2. The summed E-state index contributed by atoms with van der Waals surface area (Å²) in [7, 11) is 0. The van der Waals surface area contributed by atoms with Gasteiger partial charge in [-0.25, -0.2) is 4.99 Å². The molecule has 4 nitrogen and oxygen atoms in total. The van der Waals surface area contributed by atoms with Crippen molar-refractivity contribution in [1.29, 1.82) is 0 Å². The third kappa shape index (κ3) is 5.19. The van der Waals surface area contributed by atoms with Crippen LogP contribution in [-0.2, 0) is 0 Å². The molecule has 0 bridgehead atoms. The number of benzene rings is 8. The molecule has 2 atom stereocenters. The summed E-state index contributed by atoms with van der Waals surface area (Å²) < 4.78 is 7.62. The van der Waals surface area contributed by atoms with E-state index in [0.717, 1.165) is 17.0 Å². The Morgan fingerprint density at radius 3 is 1.95 bits per heavy atom. The van der Waals surface area contributed by atoms with Crippen LogP contribution < -0.4 is 10.6 Å². The van der Waals surface area contributed by atoms with Gasteiger partial charge in [-0.3, -0.25) is 5.32 Å². The highest BCUT2D eigenvalue weighted by atomic mass is 32.1. The minimum Gasteiger partial charge on any atom is -0.350 e. The first-order valence-electron chi connectivity index (χ1n) is 19.4. The predicted molar refractivity (Wildman–Crippen MR) is 243 cm³/mol. The molecule has 0 saturated heterocycles. The minimum atomic E-state index is -0.193. The second kappa shape index (κ2) is 13.0. The third-order valence-electron chi connectivity index (χ3n) is 11.5. The largest absolute Gasteiger partial charge is 0.350 e. The summed E-state index contributed by atoms with van der Waals surface area (Å²) in [5.41, 5.74) is 9.60. The number of aromatic nitrogens is 1. The molecule has 0 fully saturated rings. The predicted octanol–water partition coefficient (Wildman–Crippen LogP) is 13.5. The Hall–Kier alpha value is -6.57. The summed E-state index contributed by atoms with van der Waals surface area (Å²) in [4.78, 5) is 5.18. The molecule has 1 aliphatic heterocycles. The van der Waals surface area contributed by atoms with Crippen molar-refractivity contribution in [3.05, 3.63) is 199 Å². The lowest BCUT2D eigenvalue weighted by Crippen LogP contribution is -2.45. The van der Waals surface area contributed by atoms with Gasteiger partial charge in [0.05, 0.1) is 16.7 Å². The van der Waals surface area contributed by atoms with Crippen molar-refractivity contribution in [2.45, 2.75) is 12.3 Å². The van der Waals surface area contributed by atoms with Gasteiger partial charge >= 0.3 is 0 Å². The molecule has 11 aromatic rings. The van der Waals surface area contributed by atoms with Crippen LogP contribution in [0.4, 0.5) is 0 Å². The Kier molecular flexibility index (Phi) is 7.45. The van der Waals surface area contributed by atoms with E-state index < -0.39 is 0 Å². The van der Waals surface area contributed by atoms with Crippen LogP contribution in [0.1, 0.15) is 29.0 Å². The first-order valence-corrected chi connectivity index (χ1v) is 21.0. The van der Waals surface area contributed by atoms with Gasteiger partial charge in [0, 0.05) is 56.7 Å². The SMILES string of the molecule is c1ccc(C2=NC(c3ccccc3)NC(c3cccc4sc5ccc(-c6cccc7c6sc6cccc(-n8c9ccccc9c9ccccc98)c67)cc5c34)N2)cc1. The van der Waals surface area contributed by atoms with E-state index in [-0.39, 0.29) is 12.3 Å². The molecule has 57 heavy (non-hydrogen) atoms. The maximum Gasteiger partial charge on any atom is 0.131 e. The average Bonchev–Trinajstić information content (AvgIpc) is 3.96. The second-order valence-electron chi connectivity index (χ2n) is 14.7. The topological polar surface area (TPSA) is 41.4 Å². The molecule has 0 saturated carbocycles. The fourth-order valence-electron chi connectivity index (χ4n) is 8.95. The van der Waals surface area contributed by atoms with E-state index in [1.807, 2.05) is 22.7 Å². The van der Waals surface area contributed by atoms with Crippen molar-refractivity contribution >= 4 is 90.7 Å². The average molecular weight is 767 g/mol. The number of thiophene rings is 2. The fourth-order valence-corrected chi connectivity index (χ4v) is 11.3. The monoisotopic (exact) mass is 766 g/mol. The highest BCUT2D eigenvalue weighted by Crippen LogP contribution is 2.46. The summed E-state index contributed by atoms with van der Waals surface area (Å²) in [6.07, 6.45) is -0.347. The molecule has 0 aliphatic carbocycles. The van der Waals surface area contributed by atoms with E-state index >= 15 is 0 Å². The van der Waals surface area contributed by atoms with E-state index in [1.54, 1.807) is 0 Å². The van der Waals surface area contributed by atoms with Gasteiger partial charge in [0.25, 0.3) is 0 Å². The molecular weight excluding hydrogens is 733 g/mol. The summed E-state index contributed by atoms with van der Waals surface area (Å²) in [5, 5.41) is 15.4. The fraction of sp³-hybridized carbons (Fsp3) is 0.0392. The van der Waals surface area contributed by atoms with Crippen molar-refractivity contribution in [3.63, 3.8) is 0 Å². The standard InChI is InChI=1S/C51H34N4S2/c1-3-14-31(15-4-1)49-52-50(32-16-5-2-6-17-32)54-51(53-49)38-22-12-26-44-46(38)39-30-33(28-29-43(39)56-44)34-20-11-21-37-47-42(25-13-27-45(47)57-48(34)37)55-40-23-9-7-18-35(40)36-19-8-10-24-41(36)55/h1-30,49,51,53H,(H,52,54). The lowest BCUT2D eigenvalue weighted by Gasteiger charge is -2.32.